The average Bonchev–Trinajstić information content (AvgIpc) is 3.27. The van der Waals surface area contributed by atoms with Gasteiger partial charge in [-0.15, -0.1) is 5.10 Å². The van der Waals surface area contributed by atoms with Crippen molar-refractivity contribution in [3.8, 4) is 5.95 Å². The summed E-state index contributed by atoms with van der Waals surface area (Å²) in [5, 5.41) is 8.58. The average molecular weight is 393 g/mol. The summed E-state index contributed by atoms with van der Waals surface area (Å²) in [6, 6.07) is 4.56. The molecular weight excluding hydrogens is 377 g/mol. The van der Waals surface area contributed by atoms with Crippen LogP contribution in [0.3, 0.4) is 0 Å². The van der Waals surface area contributed by atoms with E-state index in [4.69, 9.17) is 0 Å². The molecule has 1 N–H and O–H groups in total. The first-order valence-electron chi connectivity index (χ1n) is 9.07. The number of H-pyrrole nitrogens is 1. The van der Waals surface area contributed by atoms with E-state index >= 15 is 0 Å². The predicted molar refractivity (Wildman–Crippen MR) is 100 cm³/mol. The third kappa shape index (κ3) is 2.72. The molecule has 1 fully saturated rings. The van der Waals surface area contributed by atoms with E-state index in [1.165, 1.54) is 21.5 Å². The molecule has 0 radical (unpaired) electrons. The van der Waals surface area contributed by atoms with Gasteiger partial charge in [-0.05, 0) is 37.1 Å². The van der Waals surface area contributed by atoms with Gasteiger partial charge in [-0.25, -0.2) is 13.6 Å². The molecule has 1 unspecified atom stereocenters. The number of halogens is 1. The van der Waals surface area contributed by atoms with Crippen LogP contribution in [0.25, 0.3) is 11.5 Å². The number of hydrogen-bond acceptors (Lipinski definition) is 5. The van der Waals surface area contributed by atoms with Gasteiger partial charge in [0.1, 0.15) is 11.3 Å². The zero-order valence-corrected chi connectivity index (χ0v) is 15.4. The van der Waals surface area contributed by atoms with Gasteiger partial charge in [0.05, 0.1) is 29.7 Å². The maximum Gasteiger partial charge on any atom is 0.276 e. The van der Waals surface area contributed by atoms with Crippen LogP contribution < -0.4 is 5.56 Å². The fourth-order valence-corrected chi connectivity index (χ4v) is 3.60. The fraction of sp³-hybridized carbons (Fsp3) is 0.211. The highest BCUT2D eigenvalue weighted by Gasteiger charge is 2.35. The molecule has 1 saturated heterocycles. The molecule has 4 aromatic heterocycles. The van der Waals surface area contributed by atoms with Crippen molar-refractivity contribution in [2.24, 2.45) is 0 Å². The third-order valence-corrected chi connectivity index (χ3v) is 5.22. The number of fused-ring (bicyclic) bond motifs is 1. The molecule has 0 spiro atoms. The fourth-order valence-electron chi connectivity index (χ4n) is 3.60. The molecule has 29 heavy (non-hydrogen) atoms. The van der Waals surface area contributed by atoms with Gasteiger partial charge in [0, 0.05) is 18.9 Å². The van der Waals surface area contributed by atoms with Crippen LogP contribution in [0.15, 0.2) is 47.8 Å². The van der Waals surface area contributed by atoms with Gasteiger partial charge in [-0.3, -0.25) is 19.6 Å². The molecule has 5 rings (SSSR count). The molecule has 9 nitrogen and oxygen atoms in total. The van der Waals surface area contributed by atoms with Crippen molar-refractivity contribution in [1.82, 2.24) is 34.3 Å². The number of amides is 1. The number of carbonyl (C=O) groups is 1. The van der Waals surface area contributed by atoms with E-state index in [0.29, 0.717) is 28.9 Å². The van der Waals surface area contributed by atoms with Crippen molar-refractivity contribution in [1.29, 1.82) is 0 Å². The molecule has 1 aliphatic heterocycles. The number of hydrogen-bond donors (Lipinski definition) is 1. The lowest BCUT2D eigenvalue weighted by atomic mass is 9.95. The van der Waals surface area contributed by atoms with Gasteiger partial charge in [-0.1, -0.05) is 0 Å². The second-order valence-corrected chi connectivity index (χ2v) is 6.91. The predicted octanol–water partition coefficient (Wildman–Crippen LogP) is 1.64. The maximum absolute atomic E-state index is 13.5. The summed E-state index contributed by atoms with van der Waals surface area (Å²) in [6.45, 7) is 2.30. The Hall–Kier alpha value is -3.82. The minimum atomic E-state index is -0.429. The van der Waals surface area contributed by atoms with E-state index in [1.807, 2.05) is 0 Å². The Bertz CT molecular complexity index is 1310. The van der Waals surface area contributed by atoms with Crippen LogP contribution in [0.1, 0.15) is 34.1 Å². The van der Waals surface area contributed by atoms with E-state index in [2.05, 4.69) is 20.2 Å². The molecule has 0 bridgehead atoms. The number of carbonyl (C=O) groups excluding carboxylic acids is 1. The molecule has 1 aliphatic rings. The second-order valence-electron chi connectivity index (χ2n) is 6.91. The minimum Gasteiger partial charge on any atom is -0.331 e. The molecule has 5 heterocycles. The minimum absolute atomic E-state index is 0.210. The summed E-state index contributed by atoms with van der Waals surface area (Å²) >= 11 is 0. The number of rotatable bonds is 3. The van der Waals surface area contributed by atoms with Crippen LogP contribution >= 0.6 is 0 Å². The molecule has 1 atom stereocenters. The zero-order valence-electron chi connectivity index (χ0n) is 15.4. The highest BCUT2D eigenvalue weighted by molar-refractivity contribution is 5.96. The number of likely N-dealkylation sites (tertiary alicyclic amines) is 1. The molecule has 4 aromatic rings. The largest absolute Gasteiger partial charge is 0.331 e. The lowest BCUT2D eigenvalue weighted by Gasteiger charge is -2.41. The smallest absolute Gasteiger partial charge is 0.276 e. The summed E-state index contributed by atoms with van der Waals surface area (Å²) in [5.74, 6) is -0.426. The van der Waals surface area contributed by atoms with Crippen molar-refractivity contribution in [2.45, 2.75) is 19.4 Å². The van der Waals surface area contributed by atoms with E-state index in [0.717, 1.165) is 12.6 Å². The number of aromatic nitrogens is 6. The zero-order chi connectivity index (χ0) is 20.1. The standard InChI is InChI=1S/C19H16FN7O2/c1-11-14(18(29)25-6-4-15(25)12-7-13(20)9-21-8-12)10-22-27(11)19-23-17(28)16-3-2-5-26(16)24-19/h2-3,5,7-10,15H,4,6H2,1H3,(H,23,24,28). The van der Waals surface area contributed by atoms with Gasteiger partial charge in [-0.2, -0.15) is 5.10 Å². The van der Waals surface area contributed by atoms with Crippen molar-refractivity contribution >= 4 is 11.4 Å². The number of nitrogens with one attached hydrogen (secondary N) is 1. The first-order valence-corrected chi connectivity index (χ1v) is 9.07. The maximum atomic E-state index is 13.5. The van der Waals surface area contributed by atoms with Crippen molar-refractivity contribution in [2.75, 3.05) is 6.54 Å². The molecular formula is C19H16FN7O2. The van der Waals surface area contributed by atoms with Gasteiger partial charge < -0.3 is 4.90 Å². The highest BCUT2D eigenvalue weighted by atomic mass is 19.1. The first kappa shape index (κ1) is 17.3. The molecule has 0 aromatic carbocycles. The van der Waals surface area contributed by atoms with Gasteiger partial charge in [0.25, 0.3) is 11.5 Å². The van der Waals surface area contributed by atoms with Crippen LogP contribution in [0.5, 0.6) is 0 Å². The second kappa shape index (κ2) is 6.36. The van der Waals surface area contributed by atoms with Gasteiger partial charge >= 0.3 is 0 Å². The SMILES string of the molecule is Cc1c(C(=O)N2CCC2c2cncc(F)c2)cnn1-c1nn2cccc2c(=O)[nH]1. The van der Waals surface area contributed by atoms with E-state index in [-0.39, 0.29) is 23.5 Å². The lowest BCUT2D eigenvalue weighted by molar-refractivity contribution is 0.0458. The van der Waals surface area contributed by atoms with Crippen molar-refractivity contribution < 1.29 is 9.18 Å². The Morgan fingerprint density at radius 2 is 2.17 bits per heavy atom. The Balaban J connectivity index is 1.47. The van der Waals surface area contributed by atoms with E-state index in [9.17, 15) is 14.0 Å². The van der Waals surface area contributed by atoms with Crippen molar-refractivity contribution in [3.63, 3.8) is 0 Å². The summed E-state index contributed by atoms with van der Waals surface area (Å²) in [5.41, 5.74) is 1.73. The first-order chi connectivity index (χ1) is 14.0. The Kier molecular flexibility index (Phi) is 3.79. The van der Waals surface area contributed by atoms with Gasteiger partial charge in [0.2, 0.25) is 5.95 Å². The van der Waals surface area contributed by atoms with Crippen LogP contribution in [0.4, 0.5) is 4.39 Å². The Labute approximate surface area is 163 Å². The van der Waals surface area contributed by atoms with Crippen LogP contribution in [0, 0.1) is 12.7 Å². The van der Waals surface area contributed by atoms with Crippen LogP contribution in [0.2, 0.25) is 0 Å². The number of pyridine rings is 1. The Morgan fingerprint density at radius 1 is 1.31 bits per heavy atom. The highest BCUT2D eigenvalue weighted by Crippen LogP contribution is 2.34. The molecule has 0 saturated carbocycles. The monoisotopic (exact) mass is 393 g/mol. The summed E-state index contributed by atoms with van der Waals surface area (Å²) in [7, 11) is 0. The van der Waals surface area contributed by atoms with Crippen LogP contribution in [-0.4, -0.2) is 46.7 Å². The number of aromatic amines is 1. The molecule has 0 aliphatic carbocycles. The van der Waals surface area contributed by atoms with Crippen LogP contribution in [-0.2, 0) is 0 Å². The summed E-state index contributed by atoms with van der Waals surface area (Å²) < 4.78 is 16.4. The molecule has 1 amide bonds. The third-order valence-electron chi connectivity index (χ3n) is 5.22. The summed E-state index contributed by atoms with van der Waals surface area (Å²) in [4.78, 5) is 33.5. The van der Waals surface area contributed by atoms with E-state index < -0.39 is 5.82 Å². The summed E-state index contributed by atoms with van der Waals surface area (Å²) in [6.07, 6.45) is 6.57. The van der Waals surface area contributed by atoms with Gasteiger partial charge in [0.15, 0.2) is 0 Å². The van der Waals surface area contributed by atoms with E-state index in [1.54, 1.807) is 36.4 Å². The Morgan fingerprint density at radius 3 is 2.93 bits per heavy atom. The normalized spacial score (nSPS) is 16.2. The molecule has 146 valence electrons. The van der Waals surface area contributed by atoms with Crippen molar-refractivity contribution in [3.05, 3.63) is 76.0 Å². The topological polar surface area (TPSA) is 101 Å². The quantitative estimate of drug-likeness (QED) is 0.570. The lowest BCUT2D eigenvalue weighted by Crippen LogP contribution is -2.45. The number of nitrogens with zero attached hydrogens (tertiary/aromatic N) is 6. The molecule has 10 heteroatoms.